The van der Waals surface area contributed by atoms with Crippen molar-refractivity contribution < 1.29 is 13.2 Å². The van der Waals surface area contributed by atoms with Crippen LogP contribution in [0.15, 0.2) is 29.4 Å². The molecule has 0 bridgehead atoms. The molecule has 106 valence electrons. The molecule has 0 fully saturated rings. The predicted octanol–water partition coefficient (Wildman–Crippen LogP) is 3.07. The molecule has 0 spiro atoms. The van der Waals surface area contributed by atoms with E-state index in [1.807, 2.05) is 0 Å². The first-order chi connectivity index (χ1) is 9.34. The molecule has 0 saturated carbocycles. The highest BCUT2D eigenvalue weighted by molar-refractivity contribution is 7.98. The number of pyridine rings is 1. The molecule has 0 aromatic carbocycles. The normalized spacial score (nSPS) is 11.6. The van der Waals surface area contributed by atoms with E-state index in [1.165, 1.54) is 17.8 Å². The second-order valence-electron chi connectivity index (χ2n) is 4.02. The first-order valence-electron chi connectivity index (χ1n) is 5.60. The van der Waals surface area contributed by atoms with Gasteiger partial charge in [-0.1, -0.05) is 11.8 Å². The van der Waals surface area contributed by atoms with Crippen molar-refractivity contribution in [1.29, 1.82) is 0 Å². The van der Waals surface area contributed by atoms with E-state index in [0.29, 0.717) is 22.4 Å². The molecular formula is C12H11F3N4S. The van der Waals surface area contributed by atoms with Crippen LogP contribution in [-0.4, -0.2) is 15.0 Å². The molecule has 8 heteroatoms. The van der Waals surface area contributed by atoms with Gasteiger partial charge in [0.25, 0.3) is 0 Å². The Morgan fingerprint density at radius 1 is 1.25 bits per heavy atom. The van der Waals surface area contributed by atoms with E-state index in [9.17, 15) is 13.2 Å². The molecule has 20 heavy (non-hydrogen) atoms. The SMILES string of the molecule is Cc1cc(N)nc(CSc2ccc(C(F)(F)F)cn2)n1. The highest BCUT2D eigenvalue weighted by Crippen LogP contribution is 2.29. The number of aromatic nitrogens is 3. The van der Waals surface area contributed by atoms with Crippen LogP contribution in [-0.2, 0) is 11.9 Å². The van der Waals surface area contributed by atoms with Crippen LogP contribution in [0.1, 0.15) is 17.1 Å². The molecule has 2 rings (SSSR count). The number of nitrogens with zero attached hydrogens (tertiary/aromatic N) is 3. The van der Waals surface area contributed by atoms with Crippen molar-refractivity contribution in [2.24, 2.45) is 0 Å². The van der Waals surface area contributed by atoms with E-state index in [1.54, 1.807) is 13.0 Å². The molecule has 0 aliphatic rings. The molecule has 4 nitrogen and oxygen atoms in total. The lowest BCUT2D eigenvalue weighted by Gasteiger charge is -2.06. The molecule has 0 unspecified atom stereocenters. The quantitative estimate of drug-likeness (QED) is 0.883. The maximum Gasteiger partial charge on any atom is 0.417 e. The maximum absolute atomic E-state index is 12.4. The van der Waals surface area contributed by atoms with Gasteiger partial charge >= 0.3 is 6.18 Å². The van der Waals surface area contributed by atoms with Crippen LogP contribution < -0.4 is 5.73 Å². The van der Waals surface area contributed by atoms with Crippen molar-refractivity contribution in [1.82, 2.24) is 15.0 Å². The number of nitrogens with two attached hydrogens (primary N) is 1. The number of rotatable bonds is 3. The molecule has 0 amide bonds. The number of aryl methyl sites for hydroxylation is 1. The summed E-state index contributed by atoms with van der Waals surface area (Å²) in [4.78, 5) is 12.0. The monoisotopic (exact) mass is 300 g/mol. The first kappa shape index (κ1) is 14.6. The largest absolute Gasteiger partial charge is 0.417 e. The van der Waals surface area contributed by atoms with Crippen LogP contribution in [0.25, 0.3) is 0 Å². The van der Waals surface area contributed by atoms with Crippen molar-refractivity contribution in [3.8, 4) is 0 Å². The second-order valence-corrected chi connectivity index (χ2v) is 5.02. The van der Waals surface area contributed by atoms with E-state index >= 15 is 0 Å². The Balaban J connectivity index is 2.04. The average Bonchev–Trinajstić information content (AvgIpc) is 2.35. The van der Waals surface area contributed by atoms with Crippen molar-refractivity contribution in [2.75, 3.05) is 5.73 Å². The van der Waals surface area contributed by atoms with Gasteiger partial charge < -0.3 is 5.73 Å². The fraction of sp³-hybridized carbons (Fsp3) is 0.250. The molecule has 0 aliphatic heterocycles. The summed E-state index contributed by atoms with van der Waals surface area (Å²) in [5, 5.41) is 0.474. The van der Waals surface area contributed by atoms with Gasteiger partial charge in [0.1, 0.15) is 11.6 Å². The lowest BCUT2D eigenvalue weighted by molar-refractivity contribution is -0.137. The maximum atomic E-state index is 12.4. The zero-order valence-electron chi connectivity index (χ0n) is 10.5. The number of hydrogen-bond donors (Lipinski definition) is 1. The Hall–Kier alpha value is -1.83. The van der Waals surface area contributed by atoms with E-state index in [4.69, 9.17) is 5.73 Å². The first-order valence-corrected chi connectivity index (χ1v) is 6.59. The van der Waals surface area contributed by atoms with Gasteiger partial charge in [-0.25, -0.2) is 15.0 Å². The molecular weight excluding hydrogens is 289 g/mol. The van der Waals surface area contributed by atoms with Crippen LogP contribution in [0, 0.1) is 6.92 Å². The van der Waals surface area contributed by atoms with E-state index < -0.39 is 11.7 Å². The number of thioether (sulfide) groups is 1. The molecule has 2 heterocycles. The third kappa shape index (κ3) is 3.83. The summed E-state index contributed by atoms with van der Waals surface area (Å²) in [7, 11) is 0. The van der Waals surface area contributed by atoms with Crippen LogP contribution in [0.4, 0.5) is 19.0 Å². The summed E-state index contributed by atoms with van der Waals surface area (Å²) in [6.07, 6.45) is -3.56. The van der Waals surface area contributed by atoms with Crippen molar-refractivity contribution >= 4 is 17.6 Å². The van der Waals surface area contributed by atoms with Gasteiger partial charge in [-0.2, -0.15) is 13.2 Å². The Kier molecular flexibility index (Phi) is 4.12. The van der Waals surface area contributed by atoms with E-state index in [0.717, 1.165) is 18.0 Å². The number of halogens is 3. The summed E-state index contributed by atoms with van der Waals surface area (Å²) >= 11 is 1.25. The molecule has 0 atom stereocenters. The smallest absolute Gasteiger partial charge is 0.384 e. The predicted molar refractivity (Wildman–Crippen MR) is 70.0 cm³/mol. The Morgan fingerprint density at radius 3 is 2.55 bits per heavy atom. The Morgan fingerprint density at radius 2 is 2.00 bits per heavy atom. The third-order valence-electron chi connectivity index (χ3n) is 2.33. The number of anilines is 1. The van der Waals surface area contributed by atoms with Gasteiger partial charge in [0.15, 0.2) is 0 Å². The number of alkyl halides is 3. The van der Waals surface area contributed by atoms with Crippen LogP contribution in [0.5, 0.6) is 0 Å². The molecule has 0 aliphatic carbocycles. The summed E-state index contributed by atoms with van der Waals surface area (Å²) in [6.45, 7) is 1.79. The summed E-state index contributed by atoms with van der Waals surface area (Å²) < 4.78 is 37.1. The average molecular weight is 300 g/mol. The standard InChI is InChI=1S/C12H11F3N4S/c1-7-4-9(16)19-10(18-7)6-20-11-3-2-8(5-17-11)12(13,14)15/h2-5H,6H2,1H3,(H2,16,18,19). The topological polar surface area (TPSA) is 64.7 Å². The molecule has 2 aromatic heterocycles. The zero-order valence-corrected chi connectivity index (χ0v) is 11.3. The van der Waals surface area contributed by atoms with Crippen molar-refractivity contribution in [3.63, 3.8) is 0 Å². The molecule has 2 N–H and O–H groups in total. The number of hydrogen-bond acceptors (Lipinski definition) is 5. The van der Waals surface area contributed by atoms with Crippen molar-refractivity contribution in [3.05, 3.63) is 41.5 Å². The summed E-state index contributed by atoms with van der Waals surface area (Å²) in [5.74, 6) is 1.28. The van der Waals surface area contributed by atoms with Gasteiger partial charge in [0.05, 0.1) is 16.3 Å². The highest BCUT2D eigenvalue weighted by atomic mass is 32.2. The lowest BCUT2D eigenvalue weighted by Crippen LogP contribution is -2.05. The fourth-order valence-electron chi connectivity index (χ4n) is 1.49. The van der Waals surface area contributed by atoms with Crippen LogP contribution in [0.2, 0.25) is 0 Å². The zero-order chi connectivity index (χ0) is 14.8. The minimum Gasteiger partial charge on any atom is -0.384 e. The molecule has 0 radical (unpaired) electrons. The van der Waals surface area contributed by atoms with Gasteiger partial charge in [0, 0.05) is 18.0 Å². The fourth-order valence-corrected chi connectivity index (χ4v) is 2.19. The highest BCUT2D eigenvalue weighted by Gasteiger charge is 2.30. The van der Waals surface area contributed by atoms with E-state index in [2.05, 4.69) is 15.0 Å². The van der Waals surface area contributed by atoms with Gasteiger partial charge in [-0.15, -0.1) is 0 Å². The molecule has 0 saturated heterocycles. The minimum absolute atomic E-state index is 0.369. The van der Waals surface area contributed by atoms with Crippen molar-refractivity contribution in [2.45, 2.75) is 23.9 Å². The second kappa shape index (κ2) is 5.66. The van der Waals surface area contributed by atoms with Crippen LogP contribution in [0.3, 0.4) is 0 Å². The number of nitrogen functional groups attached to an aromatic ring is 1. The summed E-state index contributed by atoms with van der Waals surface area (Å²) in [6, 6.07) is 3.97. The van der Waals surface area contributed by atoms with Gasteiger partial charge in [0.2, 0.25) is 0 Å². The van der Waals surface area contributed by atoms with E-state index in [-0.39, 0.29) is 0 Å². The Bertz CT molecular complexity index is 578. The Labute approximate surface area is 117 Å². The van der Waals surface area contributed by atoms with Gasteiger partial charge in [-0.3, -0.25) is 0 Å². The lowest BCUT2D eigenvalue weighted by atomic mass is 10.3. The third-order valence-corrected chi connectivity index (χ3v) is 3.27. The van der Waals surface area contributed by atoms with Crippen LogP contribution >= 0.6 is 11.8 Å². The van der Waals surface area contributed by atoms with Gasteiger partial charge in [-0.05, 0) is 19.1 Å². The molecule has 2 aromatic rings. The minimum atomic E-state index is -4.37. The summed E-state index contributed by atoms with van der Waals surface area (Å²) in [5.41, 5.74) is 5.57.